The Morgan fingerprint density at radius 3 is 2.58 bits per heavy atom. The van der Waals surface area contributed by atoms with Crippen molar-refractivity contribution in [3.63, 3.8) is 0 Å². The number of benzene rings is 1. The highest BCUT2D eigenvalue weighted by molar-refractivity contribution is 6.34. The molecule has 2 aliphatic heterocycles. The van der Waals surface area contributed by atoms with E-state index in [9.17, 15) is 19.1 Å². The van der Waals surface area contributed by atoms with Gasteiger partial charge in [-0.2, -0.15) is 4.68 Å². The third-order valence-electron chi connectivity index (χ3n) is 6.36. The third-order valence-corrected chi connectivity index (χ3v) is 6.67. The van der Waals surface area contributed by atoms with Gasteiger partial charge < -0.3 is 19.5 Å². The Balaban J connectivity index is 1.60. The van der Waals surface area contributed by atoms with Gasteiger partial charge in [-0.15, -0.1) is 5.10 Å². The van der Waals surface area contributed by atoms with E-state index in [0.717, 1.165) is 22.1 Å². The van der Waals surface area contributed by atoms with E-state index in [-0.39, 0.29) is 47.7 Å². The first-order chi connectivity index (χ1) is 18.3. The molecule has 4 heterocycles. The number of hydrogen-bond donors (Lipinski definition) is 1. The molecule has 2 aromatic heterocycles. The lowest BCUT2D eigenvalue weighted by atomic mass is 10.1. The Bertz CT molecular complexity index is 1400. The second kappa shape index (κ2) is 10.8. The molecule has 0 bridgehead atoms. The molecule has 0 spiro atoms. The molecule has 1 saturated heterocycles. The van der Waals surface area contributed by atoms with Crippen LogP contribution in [-0.4, -0.2) is 63.1 Å². The summed E-state index contributed by atoms with van der Waals surface area (Å²) < 4.78 is 43.4. The molecule has 3 aromatic rings. The van der Waals surface area contributed by atoms with Gasteiger partial charge in [-0.3, -0.25) is 14.3 Å². The van der Waals surface area contributed by atoms with Gasteiger partial charge in [0, 0.05) is 19.5 Å². The van der Waals surface area contributed by atoms with Crippen molar-refractivity contribution in [2.24, 2.45) is 0 Å². The van der Waals surface area contributed by atoms with Crippen molar-refractivity contribution in [3.8, 4) is 5.82 Å². The van der Waals surface area contributed by atoms with E-state index < -0.39 is 41.9 Å². The van der Waals surface area contributed by atoms with Crippen molar-refractivity contribution < 1.29 is 28.2 Å². The number of hydrogen-bond acceptors (Lipinski definition) is 8. The fourth-order valence-electron chi connectivity index (χ4n) is 4.53. The second-order valence-electron chi connectivity index (χ2n) is 8.70. The number of anilines is 2. The van der Waals surface area contributed by atoms with Gasteiger partial charge in [0.15, 0.2) is 23.7 Å². The zero-order valence-corrected chi connectivity index (χ0v) is 21.2. The normalized spacial score (nSPS) is 16.3. The van der Waals surface area contributed by atoms with Crippen LogP contribution in [0.25, 0.3) is 5.82 Å². The lowest BCUT2D eigenvalue weighted by molar-refractivity contribution is -0.179. The van der Waals surface area contributed by atoms with E-state index >= 15 is 4.39 Å². The quantitative estimate of drug-likeness (QED) is 0.477. The van der Waals surface area contributed by atoms with Crippen molar-refractivity contribution in [1.29, 1.82) is 0 Å². The summed E-state index contributed by atoms with van der Waals surface area (Å²) >= 11 is 6.25. The number of halogens is 3. The Morgan fingerprint density at radius 1 is 1.16 bits per heavy atom. The molecule has 202 valence electrons. The summed E-state index contributed by atoms with van der Waals surface area (Å²) in [6, 6.07) is 4.99. The summed E-state index contributed by atoms with van der Waals surface area (Å²) in [5.74, 6) is -2.74. The summed E-state index contributed by atoms with van der Waals surface area (Å²) in [7, 11) is 0. The number of aliphatic hydroxyl groups excluding tert-OH is 1. The molecule has 2 aliphatic rings. The van der Waals surface area contributed by atoms with Crippen LogP contribution in [-0.2, 0) is 22.6 Å². The van der Waals surface area contributed by atoms with Gasteiger partial charge in [-0.1, -0.05) is 17.7 Å². The first-order valence-corrected chi connectivity index (χ1v) is 12.5. The molecular weight excluding hydrogens is 526 g/mol. The predicted octanol–water partition coefficient (Wildman–Crippen LogP) is 2.45. The van der Waals surface area contributed by atoms with E-state index in [4.69, 9.17) is 21.1 Å². The van der Waals surface area contributed by atoms with Gasteiger partial charge in [0.1, 0.15) is 23.9 Å². The number of para-hydroxylation sites is 1. The molecule has 0 radical (unpaired) electrons. The Labute approximate surface area is 220 Å². The maximum Gasteiger partial charge on any atom is 0.352 e. The lowest BCUT2D eigenvalue weighted by Gasteiger charge is -2.38. The monoisotopic (exact) mass is 550 g/mol. The zero-order valence-electron chi connectivity index (χ0n) is 20.4. The molecule has 5 rings (SSSR count). The molecular formula is C24H25ClF2N6O5. The molecule has 0 saturated carbocycles. The number of ether oxygens (including phenoxy) is 2. The van der Waals surface area contributed by atoms with Crippen molar-refractivity contribution in [2.45, 2.75) is 39.2 Å². The van der Waals surface area contributed by atoms with Gasteiger partial charge in [-0.25, -0.2) is 18.6 Å². The van der Waals surface area contributed by atoms with Crippen LogP contribution in [0.15, 0.2) is 29.1 Å². The number of aromatic nitrogens is 4. The fourth-order valence-corrected chi connectivity index (χ4v) is 4.80. The molecule has 14 heteroatoms. The van der Waals surface area contributed by atoms with Crippen molar-refractivity contribution in [3.05, 3.63) is 62.8 Å². The molecule has 0 aliphatic carbocycles. The lowest BCUT2D eigenvalue weighted by Crippen LogP contribution is -2.49. The molecule has 1 N–H and O–H groups in total. The Kier molecular flexibility index (Phi) is 7.43. The topological polar surface area (TPSA) is 115 Å². The van der Waals surface area contributed by atoms with Crippen LogP contribution in [0.1, 0.15) is 35.9 Å². The van der Waals surface area contributed by atoms with Gasteiger partial charge in [0.25, 0.3) is 5.91 Å². The van der Waals surface area contributed by atoms with Crippen LogP contribution >= 0.6 is 11.6 Å². The summed E-state index contributed by atoms with van der Waals surface area (Å²) in [5.41, 5.74) is -0.983. The average molecular weight is 551 g/mol. The predicted molar refractivity (Wildman–Crippen MR) is 133 cm³/mol. The molecule has 1 aromatic carbocycles. The molecule has 11 nitrogen and oxygen atoms in total. The van der Waals surface area contributed by atoms with Crippen LogP contribution < -0.4 is 15.5 Å². The number of nitrogens with zero attached hydrogens (tertiary/aromatic N) is 6. The zero-order chi connectivity index (χ0) is 27.0. The van der Waals surface area contributed by atoms with Gasteiger partial charge in [0.2, 0.25) is 0 Å². The number of rotatable bonds is 7. The smallest absolute Gasteiger partial charge is 0.352 e. The van der Waals surface area contributed by atoms with Gasteiger partial charge in [-0.05, 0) is 31.5 Å². The van der Waals surface area contributed by atoms with E-state index in [0.29, 0.717) is 19.6 Å². The molecule has 1 amide bonds. The maximum absolute atomic E-state index is 15.4. The standard InChI is InChI=1S/C24H25ClF2N6O5/c1-2-31-18(12-34)29-33(24(31)36)22-17(27)11-14-21(28-22)30(8-7-19-37-9-4-10-38-19)13-32(23(14)35)20-15(25)5-3-6-16(20)26/h3,5-6,11,19,34H,2,4,7-10,12-13H2,1H3. The first-order valence-electron chi connectivity index (χ1n) is 12.1. The van der Waals surface area contributed by atoms with Crippen LogP contribution in [0.5, 0.6) is 0 Å². The molecule has 38 heavy (non-hydrogen) atoms. The minimum absolute atomic E-state index is 0.0129. The van der Waals surface area contributed by atoms with Crippen LogP contribution in [0.3, 0.4) is 0 Å². The summed E-state index contributed by atoms with van der Waals surface area (Å²) in [5, 5.41) is 13.6. The summed E-state index contributed by atoms with van der Waals surface area (Å²) in [6.45, 7) is 2.52. The van der Waals surface area contributed by atoms with E-state index in [1.54, 1.807) is 11.8 Å². The third kappa shape index (κ3) is 4.66. The Morgan fingerprint density at radius 2 is 1.92 bits per heavy atom. The second-order valence-corrected chi connectivity index (χ2v) is 9.11. The van der Waals surface area contributed by atoms with Crippen molar-refractivity contribution in [1.82, 2.24) is 19.3 Å². The van der Waals surface area contributed by atoms with Gasteiger partial charge >= 0.3 is 5.69 Å². The van der Waals surface area contributed by atoms with Gasteiger partial charge in [0.05, 0.1) is 30.5 Å². The average Bonchev–Trinajstić information content (AvgIpc) is 3.24. The number of fused-ring (bicyclic) bond motifs is 1. The number of pyridine rings is 1. The van der Waals surface area contributed by atoms with Crippen molar-refractivity contribution in [2.75, 3.05) is 36.2 Å². The highest BCUT2D eigenvalue weighted by Crippen LogP contribution is 2.36. The minimum atomic E-state index is -0.996. The maximum atomic E-state index is 15.4. The number of carbonyl (C=O) groups is 1. The molecule has 0 unspecified atom stereocenters. The van der Waals surface area contributed by atoms with E-state index in [1.807, 2.05) is 0 Å². The highest BCUT2D eigenvalue weighted by Gasteiger charge is 2.36. The van der Waals surface area contributed by atoms with E-state index in [2.05, 4.69) is 10.1 Å². The molecule has 1 fully saturated rings. The van der Waals surface area contributed by atoms with Crippen molar-refractivity contribution >= 4 is 29.0 Å². The number of amides is 1. The van der Waals surface area contributed by atoms with Crippen LogP contribution in [0.2, 0.25) is 5.02 Å². The fraction of sp³-hybridized carbons (Fsp3) is 0.417. The van der Waals surface area contributed by atoms with Crippen LogP contribution in [0.4, 0.5) is 20.3 Å². The number of aliphatic hydroxyl groups is 1. The first kappa shape index (κ1) is 26.2. The Hall–Kier alpha value is -3.39. The molecule has 0 atom stereocenters. The van der Waals surface area contributed by atoms with E-state index in [1.165, 1.54) is 22.8 Å². The highest BCUT2D eigenvalue weighted by atomic mass is 35.5. The number of carbonyl (C=O) groups excluding carboxylic acids is 1. The summed E-state index contributed by atoms with van der Waals surface area (Å²) in [6.07, 6.45) is 0.654. The summed E-state index contributed by atoms with van der Waals surface area (Å²) in [4.78, 5) is 33.4. The van der Waals surface area contributed by atoms with Crippen LogP contribution in [0, 0.1) is 11.6 Å². The minimum Gasteiger partial charge on any atom is -0.388 e. The largest absolute Gasteiger partial charge is 0.388 e. The SMILES string of the molecule is CCn1c(CO)nn(-c2nc3c(cc2F)C(=O)N(c2c(F)cccc2Cl)CN3CCC2OCCCO2)c1=O.